The van der Waals surface area contributed by atoms with Crippen LogP contribution in [0.25, 0.3) is 0 Å². The van der Waals surface area contributed by atoms with Crippen LogP contribution in [0.15, 0.2) is 24.3 Å². The van der Waals surface area contributed by atoms with E-state index in [2.05, 4.69) is 32.3 Å². The van der Waals surface area contributed by atoms with Gasteiger partial charge in [-0.3, -0.25) is 4.79 Å². The molecule has 0 spiro atoms. The molecule has 1 aromatic carbocycles. The second-order valence-corrected chi connectivity index (χ2v) is 5.23. The molecule has 1 amide bonds. The highest BCUT2D eigenvalue weighted by molar-refractivity contribution is 5.95. The molecule has 2 aromatic rings. The number of benzene rings is 1. The summed E-state index contributed by atoms with van der Waals surface area (Å²) in [5.41, 5.74) is 1.39. The van der Waals surface area contributed by atoms with Gasteiger partial charge in [0.05, 0.1) is 13.2 Å². The molecule has 23 heavy (non-hydrogen) atoms. The Morgan fingerprint density at radius 3 is 2.91 bits per heavy atom. The smallest absolute Gasteiger partial charge is 0.251 e. The Kier molecular flexibility index (Phi) is 6.10. The molecule has 0 aliphatic carbocycles. The lowest BCUT2D eigenvalue weighted by Crippen LogP contribution is -2.26. The Morgan fingerprint density at radius 1 is 1.35 bits per heavy atom. The maximum Gasteiger partial charge on any atom is 0.251 e. The number of carbonyl (C=O) groups is 1. The van der Waals surface area contributed by atoms with Gasteiger partial charge in [0.1, 0.15) is 5.82 Å². The molecular weight excluding hydrogens is 294 g/mol. The second-order valence-electron chi connectivity index (χ2n) is 5.23. The molecule has 124 valence electrons. The van der Waals surface area contributed by atoms with Crippen molar-refractivity contribution >= 4 is 11.6 Å². The number of anilines is 1. The number of hydrogen-bond acceptors (Lipinski definition) is 5. The lowest BCUT2D eigenvalue weighted by atomic mass is 10.2. The van der Waals surface area contributed by atoms with Crippen molar-refractivity contribution in [1.82, 2.24) is 20.1 Å². The number of aliphatic hydroxyl groups is 1. The number of rotatable bonds is 8. The van der Waals surface area contributed by atoms with E-state index in [-0.39, 0.29) is 19.1 Å². The van der Waals surface area contributed by atoms with Crippen LogP contribution in [0.4, 0.5) is 5.69 Å². The standard InChI is InChI=1S/C16H23N5O2/c1-3-8-21-12(2)19-20-15(21)11-18-14-6-4-5-13(10-14)16(23)17-7-9-22/h4-6,10,18,22H,3,7-9,11H2,1-2H3,(H,17,23). The Bertz CT molecular complexity index is 654. The normalized spacial score (nSPS) is 10.6. The van der Waals surface area contributed by atoms with Crippen molar-refractivity contribution < 1.29 is 9.90 Å². The monoisotopic (exact) mass is 317 g/mol. The highest BCUT2D eigenvalue weighted by Crippen LogP contribution is 2.12. The summed E-state index contributed by atoms with van der Waals surface area (Å²) >= 11 is 0. The molecule has 0 radical (unpaired) electrons. The minimum atomic E-state index is -0.201. The molecule has 0 aliphatic heterocycles. The number of nitrogens with zero attached hydrogens (tertiary/aromatic N) is 3. The van der Waals surface area contributed by atoms with Gasteiger partial charge < -0.3 is 20.3 Å². The van der Waals surface area contributed by atoms with Gasteiger partial charge >= 0.3 is 0 Å². The van der Waals surface area contributed by atoms with E-state index in [0.29, 0.717) is 12.1 Å². The van der Waals surface area contributed by atoms with Crippen molar-refractivity contribution in [1.29, 1.82) is 0 Å². The molecule has 0 unspecified atom stereocenters. The van der Waals surface area contributed by atoms with Gasteiger partial charge in [-0.15, -0.1) is 10.2 Å². The summed E-state index contributed by atoms with van der Waals surface area (Å²) in [4.78, 5) is 11.9. The maximum absolute atomic E-state index is 11.9. The van der Waals surface area contributed by atoms with E-state index in [9.17, 15) is 4.79 Å². The average molecular weight is 317 g/mol. The van der Waals surface area contributed by atoms with E-state index in [1.807, 2.05) is 19.1 Å². The van der Waals surface area contributed by atoms with Crippen molar-refractivity contribution in [2.75, 3.05) is 18.5 Å². The molecule has 0 atom stereocenters. The number of hydrogen-bond donors (Lipinski definition) is 3. The van der Waals surface area contributed by atoms with Gasteiger partial charge in [-0.05, 0) is 31.5 Å². The van der Waals surface area contributed by atoms with E-state index in [4.69, 9.17) is 5.11 Å². The van der Waals surface area contributed by atoms with E-state index in [1.54, 1.807) is 12.1 Å². The van der Waals surface area contributed by atoms with E-state index >= 15 is 0 Å². The van der Waals surface area contributed by atoms with Crippen molar-refractivity contribution in [2.24, 2.45) is 0 Å². The van der Waals surface area contributed by atoms with Crippen LogP contribution in [0, 0.1) is 6.92 Å². The van der Waals surface area contributed by atoms with Crippen molar-refractivity contribution in [3.63, 3.8) is 0 Å². The first-order valence-electron chi connectivity index (χ1n) is 7.77. The summed E-state index contributed by atoms with van der Waals surface area (Å²) in [5.74, 6) is 1.58. The third kappa shape index (κ3) is 4.53. The van der Waals surface area contributed by atoms with Crippen LogP contribution in [0.1, 0.15) is 35.4 Å². The molecule has 1 heterocycles. The minimum Gasteiger partial charge on any atom is -0.395 e. The number of nitrogens with one attached hydrogen (secondary N) is 2. The number of aromatic nitrogens is 3. The van der Waals surface area contributed by atoms with Crippen LogP contribution in [0.3, 0.4) is 0 Å². The summed E-state index contributed by atoms with van der Waals surface area (Å²) in [5, 5.41) is 23.0. The van der Waals surface area contributed by atoms with Crippen LogP contribution in [0.2, 0.25) is 0 Å². The highest BCUT2D eigenvalue weighted by atomic mass is 16.3. The quantitative estimate of drug-likeness (QED) is 0.683. The van der Waals surface area contributed by atoms with Gasteiger partial charge in [-0.1, -0.05) is 13.0 Å². The van der Waals surface area contributed by atoms with Gasteiger partial charge in [0.25, 0.3) is 5.91 Å². The molecule has 0 saturated heterocycles. The highest BCUT2D eigenvalue weighted by Gasteiger charge is 2.09. The molecule has 3 N–H and O–H groups in total. The number of amides is 1. The summed E-state index contributed by atoms with van der Waals surface area (Å²) in [6, 6.07) is 7.23. The molecule has 7 heteroatoms. The number of aryl methyl sites for hydroxylation is 1. The predicted octanol–water partition coefficient (Wildman–Crippen LogP) is 1.33. The molecule has 0 fully saturated rings. The third-order valence-corrected chi connectivity index (χ3v) is 3.43. The molecule has 1 aromatic heterocycles. The van der Waals surface area contributed by atoms with Crippen molar-refractivity contribution in [2.45, 2.75) is 33.4 Å². The topological polar surface area (TPSA) is 92.1 Å². The Labute approximate surface area is 135 Å². The Hall–Kier alpha value is -2.41. The van der Waals surface area contributed by atoms with E-state index in [0.717, 1.165) is 30.3 Å². The molecule has 0 saturated carbocycles. The fourth-order valence-corrected chi connectivity index (χ4v) is 2.29. The Balaban J connectivity index is 2.02. The van der Waals surface area contributed by atoms with Crippen LogP contribution in [0.5, 0.6) is 0 Å². The first-order valence-corrected chi connectivity index (χ1v) is 7.77. The van der Waals surface area contributed by atoms with Gasteiger partial charge in [-0.25, -0.2) is 0 Å². The molecule has 7 nitrogen and oxygen atoms in total. The van der Waals surface area contributed by atoms with Crippen molar-refractivity contribution in [3.8, 4) is 0 Å². The van der Waals surface area contributed by atoms with E-state index in [1.165, 1.54) is 0 Å². The van der Waals surface area contributed by atoms with E-state index < -0.39 is 0 Å². The first-order chi connectivity index (χ1) is 11.2. The van der Waals surface area contributed by atoms with Gasteiger partial charge in [0, 0.05) is 24.3 Å². The summed E-state index contributed by atoms with van der Waals surface area (Å²) in [6.07, 6.45) is 1.02. The van der Waals surface area contributed by atoms with Gasteiger partial charge in [0.15, 0.2) is 5.82 Å². The SMILES string of the molecule is CCCn1c(C)nnc1CNc1cccc(C(=O)NCCO)c1. The number of aliphatic hydroxyl groups excluding tert-OH is 1. The second kappa shape index (κ2) is 8.28. The largest absolute Gasteiger partial charge is 0.395 e. The molecule has 2 rings (SSSR count). The summed E-state index contributed by atoms with van der Waals surface area (Å²) < 4.78 is 2.09. The summed E-state index contributed by atoms with van der Waals surface area (Å²) in [6.45, 7) is 5.66. The molecule has 0 aliphatic rings. The zero-order chi connectivity index (χ0) is 16.7. The maximum atomic E-state index is 11.9. The van der Waals surface area contributed by atoms with Crippen LogP contribution in [-0.2, 0) is 13.1 Å². The fourth-order valence-electron chi connectivity index (χ4n) is 2.29. The van der Waals surface area contributed by atoms with Crippen LogP contribution < -0.4 is 10.6 Å². The Morgan fingerprint density at radius 2 is 2.17 bits per heavy atom. The minimum absolute atomic E-state index is 0.0733. The van der Waals surface area contributed by atoms with Gasteiger partial charge in [0.2, 0.25) is 0 Å². The lowest BCUT2D eigenvalue weighted by Gasteiger charge is -2.10. The average Bonchev–Trinajstić information content (AvgIpc) is 2.92. The zero-order valence-electron chi connectivity index (χ0n) is 13.5. The summed E-state index contributed by atoms with van der Waals surface area (Å²) in [7, 11) is 0. The number of carbonyl (C=O) groups excluding carboxylic acids is 1. The van der Waals surface area contributed by atoms with Crippen LogP contribution in [-0.4, -0.2) is 38.9 Å². The van der Waals surface area contributed by atoms with Crippen molar-refractivity contribution in [3.05, 3.63) is 41.5 Å². The zero-order valence-corrected chi connectivity index (χ0v) is 13.5. The third-order valence-electron chi connectivity index (χ3n) is 3.43. The first kappa shape index (κ1) is 17.0. The van der Waals surface area contributed by atoms with Gasteiger partial charge in [-0.2, -0.15) is 0 Å². The molecule has 0 bridgehead atoms. The molecular formula is C16H23N5O2. The fraction of sp³-hybridized carbons (Fsp3) is 0.438. The lowest BCUT2D eigenvalue weighted by molar-refractivity contribution is 0.0945. The van der Waals surface area contributed by atoms with Crippen LogP contribution >= 0.6 is 0 Å². The predicted molar refractivity (Wildman–Crippen MR) is 88.2 cm³/mol.